The largest absolute Gasteiger partial charge is 0.477 e. The van der Waals surface area contributed by atoms with Gasteiger partial charge in [0.15, 0.2) is 0 Å². The number of halogens is 2. The van der Waals surface area contributed by atoms with E-state index in [1.165, 1.54) is 12.1 Å². The van der Waals surface area contributed by atoms with E-state index in [-0.39, 0.29) is 0 Å². The second kappa shape index (κ2) is 6.16. The topological polar surface area (TPSA) is 55.1 Å². The summed E-state index contributed by atoms with van der Waals surface area (Å²) in [6.07, 6.45) is 0. The first-order valence-electron chi connectivity index (χ1n) is 8.43. The number of aromatic nitrogens is 2. The van der Waals surface area contributed by atoms with Crippen LogP contribution in [0.25, 0.3) is 21.7 Å². The molecule has 0 radical (unpaired) electrons. The minimum absolute atomic E-state index is 0.397. The van der Waals surface area contributed by atoms with Crippen molar-refractivity contribution in [3.8, 4) is 0 Å². The quantitative estimate of drug-likeness (QED) is 0.568. The van der Waals surface area contributed by atoms with E-state index in [2.05, 4.69) is 5.10 Å². The van der Waals surface area contributed by atoms with Crippen molar-refractivity contribution in [2.45, 2.75) is 19.4 Å². The minimum atomic E-state index is -3.95. The second-order valence-electron chi connectivity index (χ2n) is 6.49. The molecule has 1 heterocycles. The van der Waals surface area contributed by atoms with E-state index in [4.69, 9.17) is 5.11 Å². The lowest BCUT2D eigenvalue weighted by Crippen LogP contribution is -2.25. The van der Waals surface area contributed by atoms with Crippen LogP contribution in [0, 0.1) is 6.92 Å². The summed E-state index contributed by atoms with van der Waals surface area (Å²) in [6.45, 7) is 2.20. The van der Waals surface area contributed by atoms with Gasteiger partial charge in [-0.1, -0.05) is 54.6 Å². The van der Waals surface area contributed by atoms with E-state index in [1.807, 2.05) is 42.5 Å². The summed E-state index contributed by atoms with van der Waals surface area (Å²) in [7, 11) is 0. The Hall–Kier alpha value is -3.28. The fourth-order valence-electron chi connectivity index (χ4n) is 3.37. The van der Waals surface area contributed by atoms with E-state index >= 15 is 0 Å². The number of carboxylic acid groups (broad SMARTS) is 1. The lowest BCUT2D eigenvalue weighted by molar-refractivity contribution is -0.166. The molecule has 0 amide bonds. The second-order valence-corrected chi connectivity index (χ2v) is 6.49. The maximum atomic E-state index is 14.0. The third-order valence-electron chi connectivity index (χ3n) is 4.77. The average Bonchev–Trinajstić information content (AvgIpc) is 2.97. The van der Waals surface area contributed by atoms with Gasteiger partial charge >= 0.3 is 11.9 Å². The standard InChI is InChI=1S/C21H16F2N2O2/c1-13-17-10-9-16(21(22,23)20(26)27)11-19(17)25(24-13)12-15-7-4-6-14-5-2-3-8-18(14)15/h2-11H,12H2,1H3,(H,26,27). The highest BCUT2D eigenvalue weighted by molar-refractivity contribution is 5.87. The Labute approximate surface area is 153 Å². The van der Waals surface area contributed by atoms with E-state index in [0.717, 1.165) is 27.8 Å². The Morgan fingerprint density at radius 1 is 1.07 bits per heavy atom. The summed E-state index contributed by atoms with van der Waals surface area (Å²) in [5, 5.41) is 16.2. The van der Waals surface area contributed by atoms with Crippen LogP contribution < -0.4 is 0 Å². The number of aryl methyl sites for hydroxylation is 1. The van der Waals surface area contributed by atoms with Gasteiger partial charge in [-0.3, -0.25) is 4.68 Å². The van der Waals surface area contributed by atoms with E-state index in [9.17, 15) is 13.6 Å². The lowest BCUT2D eigenvalue weighted by Gasteiger charge is -2.12. The van der Waals surface area contributed by atoms with Crippen LogP contribution in [-0.2, 0) is 17.3 Å². The molecule has 136 valence electrons. The van der Waals surface area contributed by atoms with Gasteiger partial charge in [0.1, 0.15) is 0 Å². The van der Waals surface area contributed by atoms with Crippen molar-refractivity contribution in [1.82, 2.24) is 9.78 Å². The zero-order chi connectivity index (χ0) is 19.2. The first-order chi connectivity index (χ1) is 12.9. The summed E-state index contributed by atoms with van der Waals surface area (Å²) >= 11 is 0. The van der Waals surface area contributed by atoms with Crippen molar-refractivity contribution in [1.29, 1.82) is 0 Å². The van der Waals surface area contributed by atoms with Crippen LogP contribution in [0.2, 0.25) is 0 Å². The first kappa shape index (κ1) is 17.1. The van der Waals surface area contributed by atoms with Crippen molar-refractivity contribution >= 4 is 27.6 Å². The smallest absolute Gasteiger partial charge is 0.379 e. The molecule has 4 rings (SSSR count). The number of carbonyl (C=O) groups is 1. The van der Waals surface area contributed by atoms with E-state index < -0.39 is 17.5 Å². The van der Waals surface area contributed by atoms with Gasteiger partial charge in [0.25, 0.3) is 0 Å². The molecule has 3 aromatic carbocycles. The highest BCUT2D eigenvalue weighted by Gasteiger charge is 2.41. The van der Waals surface area contributed by atoms with Crippen molar-refractivity contribution in [3.63, 3.8) is 0 Å². The summed E-state index contributed by atoms with van der Waals surface area (Å²) in [4.78, 5) is 10.9. The Bertz CT molecular complexity index is 1180. The van der Waals surface area contributed by atoms with Crippen molar-refractivity contribution in [2.24, 2.45) is 0 Å². The summed E-state index contributed by atoms with van der Waals surface area (Å²) in [6, 6.07) is 17.7. The first-order valence-corrected chi connectivity index (χ1v) is 8.43. The molecule has 1 aromatic heterocycles. The zero-order valence-electron chi connectivity index (χ0n) is 14.5. The number of alkyl halides is 2. The summed E-state index contributed by atoms with van der Waals surface area (Å²) < 4.78 is 29.5. The van der Waals surface area contributed by atoms with Crippen LogP contribution in [0.4, 0.5) is 8.78 Å². The minimum Gasteiger partial charge on any atom is -0.477 e. The molecule has 0 bridgehead atoms. The van der Waals surface area contributed by atoms with Crippen LogP contribution in [0.1, 0.15) is 16.8 Å². The number of carboxylic acids is 1. The third kappa shape index (κ3) is 2.83. The molecule has 0 saturated heterocycles. The SMILES string of the molecule is Cc1nn(Cc2cccc3ccccc23)c2cc(C(F)(F)C(=O)O)ccc12. The molecule has 0 spiro atoms. The Kier molecular flexibility index (Phi) is 3.91. The van der Waals surface area contributed by atoms with Crippen molar-refractivity contribution in [2.75, 3.05) is 0 Å². The van der Waals surface area contributed by atoms with Crippen LogP contribution in [0.15, 0.2) is 60.7 Å². The molecular weight excluding hydrogens is 350 g/mol. The molecule has 1 N–H and O–H groups in total. The van der Waals surface area contributed by atoms with E-state index in [0.29, 0.717) is 17.8 Å². The molecule has 0 aliphatic heterocycles. The maximum absolute atomic E-state index is 14.0. The highest BCUT2D eigenvalue weighted by atomic mass is 19.3. The van der Waals surface area contributed by atoms with Gasteiger partial charge in [-0.25, -0.2) is 4.79 Å². The molecule has 0 aliphatic rings. The number of fused-ring (bicyclic) bond motifs is 2. The molecule has 6 heteroatoms. The van der Waals surface area contributed by atoms with Crippen LogP contribution in [0.3, 0.4) is 0 Å². The Balaban J connectivity index is 1.85. The molecule has 0 fully saturated rings. The number of nitrogens with zero attached hydrogens (tertiary/aromatic N) is 2. The Morgan fingerprint density at radius 3 is 2.59 bits per heavy atom. The maximum Gasteiger partial charge on any atom is 0.379 e. The number of aliphatic carboxylic acids is 1. The number of benzene rings is 3. The van der Waals surface area contributed by atoms with Gasteiger partial charge in [-0.05, 0) is 29.3 Å². The lowest BCUT2D eigenvalue weighted by atomic mass is 10.0. The molecule has 0 saturated carbocycles. The molecule has 0 unspecified atom stereocenters. The molecule has 0 atom stereocenters. The number of rotatable bonds is 4. The third-order valence-corrected chi connectivity index (χ3v) is 4.77. The molecule has 27 heavy (non-hydrogen) atoms. The summed E-state index contributed by atoms with van der Waals surface area (Å²) in [5.74, 6) is -6.12. The highest BCUT2D eigenvalue weighted by Crippen LogP contribution is 2.32. The van der Waals surface area contributed by atoms with Gasteiger partial charge in [0.2, 0.25) is 0 Å². The van der Waals surface area contributed by atoms with Crippen molar-refractivity contribution in [3.05, 3.63) is 77.5 Å². The van der Waals surface area contributed by atoms with Crippen LogP contribution >= 0.6 is 0 Å². The van der Waals surface area contributed by atoms with Gasteiger partial charge < -0.3 is 5.11 Å². The molecule has 0 aliphatic carbocycles. The Morgan fingerprint density at radius 2 is 1.81 bits per heavy atom. The van der Waals surface area contributed by atoms with Gasteiger partial charge in [-0.15, -0.1) is 0 Å². The van der Waals surface area contributed by atoms with Crippen molar-refractivity contribution < 1.29 is 18.7 Å². The fourth-order valence-corrected chi connectivity index (χ4v) is 3.37. The van der Waals surface area contributed by atoms with Gasteiger partial charge in [-0.2, -0.15) is 13.9 Å². The molecular formula is C21H16F2N2O2. The predicted molar refractivity (Wildman–Crippen MR) is 99.0 cm³/mol. The number of hydrogen-bond acceptors (Lipinski definition) is 2. The normalized spacial score (nSPS) is 12.0. The van der Waals surface area contributed by atoms with Crippen LogP contribution in [-0.4, -0.2) is 20.9 Å². The zero-order valence-corrected chi connectivity index (χ0v) is 14.5. The predicted octanol–water partition coefficient (Wildman–Crippen LogP) is 4.72. The number of hydrogen-bond donors (Lipinski definition) is 1. The van der Waals surface area contributed by atoms with Gasteiger partial charge in [0.05, 0.1) is 17.8 Å². The van der Waals surface area contributed by atoms with Gasteiger partial charge in [0, 0.05) is 10.9 Å². The summed E-state index contributed by atoms with van der Waals surface area (Å²) in [5.41, 5.74) is 1.64. The van der Waals surface area contributed by atoms with E-state index in [1.54, 1.807) is 11.6 Å². The monoisotopic (exact) mass is 366 g/mol. The van der Waals surface area contributed by atoms with Crippen LogP contribution in [0.5, 0.6) is 0 Å². The molecule has 4 aromatic rings. The molecule has 4 nitrogen and oxygen atoms in total. The fraction of sp³-hybridized carbons (Fsp3) is 0.143. The average molecular weight is 366 g/mol.